The molecule has 1 saturated carbocycles. The third kappa shape index (κ3) is 3.57. The van der Waals surface area contributed by atoms with Crippen LogP contribution in [0, 0.1) is 0 Å². The first-order chi connectivity index (χ1) is 13.6. The summed E-state index contributed by atoms with van der Waals surface area (Å²) >= 11 is 0. The highest BCUT2D eigenvalue weighted by Crippen LogP contribution is 2.34. The molecule has 2 heterocycles. The Hall–Kier alpha value is -2.93. The maximum atomic E-state index is 12.4. The Morgan fingerprint density at radius 1 is 1.14 bits per heavy atom. The van der Waals surface area contributed by atoms with Crippen LogP contribution >= 0.6 is 0 Å². The third-order valence-corrected chi connectivity index (χ3v) is 5.42. The van der Waals surface area contributed by atoms with E-state index in [0.717, 1.165) is 36.1 Å². The van der Waals surface area contributed by atoms with Gasteiger partial charge in [0.15, 0.2) is 5.82 Å². The van der Waals surface area contributed by atoms with Crippen LogP contribution in [0.25, 0.3) is 22.5 Å². The number of aliphatic hydroxyl groups is 1. The fourth-order valence-corrected chi connectivity index (χ4v) is 3.93. The van der Waals surface area contributed by atoms with Crippen molar-refractivity contribution in [2.45, 2.75) is 44.2 Å². The number of aromatic nitrogens is 4. The molecule has 0 saturated heterocycles. The van der Waals surface area contributed by atoms with Crippen LogP contribution in [0.1, 0.15) is 32.1 Å². The minimum absolute atomic E-state index is 0.210. The summed E-state index contributed by atoms with van der Waals surface area (Å²) in [6.45, 7) is 0.215. The first kappa shape index (κ1) is 18.4. The van der Waals surface area contributed by atoms with Gasteiger partial charge < -0.3 is 10.4 Å². The first-order valence-corrected chi connectivity index (χ1v) is 9.72. The van der Waals surface area contributed by atoms with Crippen LogP contribution in [-0.2, 0) is 6.54 Å². The molecule has 0 atom stereocenters. The topological polar surface area (TPSA) is 95.8 Å². The molecule has 0 spiro atoms. The number of nitrogens with one attached hydrogen (secondary N) is 2. The van der Waals surface area contributed by atoms with Gasteiger partial charge in [0, 0.05) is 18.7 Å². The molecular formula is C21H25N5O2. The van der Waals surface area contributed by atoms with Crippen molar-refractivity contribution < 1.29 is 5.11 Å². The van der Waals surface area contributed by atoms with E-state index >= 15 is 0 Å². The van der Waals surface area contributed by atoms with E-state index in [1.807, 2.05) is 30.3 Å². The quantitative estimate of drug-likeness (QED) is 0.633. The van der Waals surface area contributed by atoms with Crippen molar-refractivity contribution in [3.63, 3.8) is 0 Å². The molecule has 2 aromatic heterocycles. The highest BCUT2D eigenvalue weighted by atomic mass is 16.3. The van der Waals surface area contributed by atoms with Crippen LogP contribution in [0.2, 0.25) is 0 Å². The zero-order valence-electron chi connectivity index (χ0n) is 16.0. The lowest BCUT2D eigenvalue weighted by atomic mass is 9.85. The van der Waals surface area contributed by atoms with E-state index in [0.29, 0.717) is 24.4 Å². The van der Waals surface area contributed by atoms with Gasteiger partial charge in [-0.25, -0.2) is 4.68 Å². The van der Waals surface area contributed by atoms with E-state index in [4.69, 9.17) is 0 Å². The predicted molar refractivity (Wildman–Crippen MR) is 109 cm³/mol. The van der Waals surface area contributed by atoms with Crippen molar-refractivity contribution in [3.05, 3.63) is 52.8 Å². The van der Waals surface area contributed by atoms with Crippen LogP contribution < -0.4 is 10.9 Å². The highest BCUT2D eigenvalue weighted by molar-refractivity contribution is 5.86. The molecule has 0 bridgehead atoms. The second-order valence-corrected chi connectivity index (χ2v) is 7.44. The number of hydrogen-bond donors (Lipinski definition) is 3. The minimum Gasteiger partial charge on any atom is -0.388 e. The molecule has 3 N–H and O–H groups in total. The van der Waals surface area contributed by atoms with Gasteiger partial charge >= 0.3 is 0 Å². The lowest BCUT2D eigenvalue weighted by molar-refractivity contribution is -0.0153. The Morgan fingerprint density at radius 3 is 2.61 bits per heavy atom. The van der Waals surface area contributed by atoms with E-state index in [-0.39, 0.29) is 12.1 Å². The van der Waals surface area contributed by atoms with E-state index in [1.54, 1.807) is 13.1 Å². The first-order valence-electron chi connectivity index (χ1n) is 9.72. The van der Waals surface area contributed by atoms with Gasteiger partial charge in [-0.2, -0.15) is 10.2 Å². The Bertz CT molecular complexity index is 1000. The smallest absolute Gasteiger partial charge is 0.266 e. The number of nitrogens with zero attached hydrogens (tertiary/aromatic N) is 3. The number of hydrogen-bond acceptors (Lipinski definition) is 5. The van der Waals surface area contributed by atoms with E-state index in [1.165, 1.54) is 10.7 Å². The monoisotopic (exact) mass is 379 g/mol. The summed E-state index contributed by atoms with van der Waals surface area (Å²) < 4.78 is 1.39. The van der Waals surface area contributed by atoms with E-state index in [9.17, 15) is 9.90 Å². The summed E-state index contributed by atoms with van der Waals surface area (Å²) in [7, 11) is 1.80. The highest BCUT2D eigenvalue weighted by Gasteiger charge is 2.30. The van der Waals surface area contributed by atoms with Crippen molar-refractivity contribution in [1.82, 2.24) is 20.0 Å². The van der Waals surface area contributed by atoms with Gasteiger partial charge in [-0.1, -0.05) is 49.6 Å². The molecule has 146 valence electrons. The summed E-state index contributed by atoms with van der Waals surface area (Å²) in [5.41, 5.74) is 2.18. The molecule has 1 aliphatic rings. The lowest BCUT2D eigenvalue weighted by Gasteiger charge is -2.32. The minimum atomic E-state index is -0.863. The molecule has 4 rings (SSSR count). The molecule has 7 heteroatoms. The third-order valence-electron chi connectivity index (χ3n) is 5.42. The summed E-state index contributed by atoms with van der Waals surface area (Å²) in [6, 6.07) is 13.1. The Kier molecular flexibility index (Phi) is 5.00. The van der Waals surface area contributed by atoms with Gasteiger partial charge in [0.2, 0.25) is 0 Å². The van der Waals surface area contributed by atoms with Gasteiger partial charge in [-0.05, 0) is 18.9 Å². The molecule has 3 aromatic rings. The fraction of sp³-hybridized carbons (Fsp3) is 0.381. The maximum Gasteiger partial charge on any atom is 0.266 e. The number of benzene rings is 1. The van der Waals surface area contributed by atoms with E-state index in [2.05, 4.69) is 20.6 Å². The van der Waals surface area contributed by atoms with Crippen molar-refractivity contribution in [2.75, 3.05) is 12.4 Å². The zero-order chi connectivity index (χ0) is 19.6. The van der Waals surface area contributed by atoms with Gasteiger partial charge in [0.1, 0.15) is 0 Å². The molecule has 1 aromatic carbocycles. The Morgan fingerprint density at radius 2 is 1.89 bits per heavy atom. The average molecular weight is 379 g/mol. The van der Waals surface area contributed by atoms with Gasteiger partial charge in [0.05, 0.1) is 29.1 Å². The van der Waals surface area contributed by atoms with Crippen molar-refractivity contribution in [3.8, 4) is 22.5 Å². The number of rotatable bonds is 5. The van der Waals surface area contributed by atoms with Gasteiger partial charge in [-0.3, -0.25) is 9.89 Å². The molecule has 0 radical (unpaired) electrons. The summed E-state index contributed by atoms with van der Waals surface area (Å²) in [4.78, 5) is 12.4. The molecule has 0 unspecified atom stereocenters. The lowest BCUT2D eigenvalue weighted by Crippen LogP contribution is -2.40. The fourth-order valence-electron chi connectivity index (χ4n) is 3.93. The van der Waals surface area contributed by atoms with Gasteiger partial charge in [0.25, 0.3) is 5.56 Å². The SMILES string of the molecule is CNc1n[nH]c(-c2ccccc2)c1-c1ccc(=O)n(CC2(O)CCCCC2)n1. The number of aromatic amines is 1. The Balaban J connectivity index is 1.76. The average Bonchev–Trinajstić information content (AvgIpc) is 3.15. The van der Waals surface area contributed by atoms with Gasteiger partial charge in [-0.15, -0.1) is 0 Å². The van der Waals surface area contributed by atoms with E-state index < -0.39 is 5.60 Å². The second kappa shape index (κ2) is 7.59. The largest absolute Gasteiger partial charge is 0.388 e. The maximum absolute atomic E-state index is 12.4. The normalized spacial score (nSPS) is 16.1. The molecule has 7 nitrogen and oxygen atoms in total. The standard InChI is InChI=1S/C21H25N5O2/c1-22-20-18(19(23-24-20)15-8-4-2-5-9-15)16-10-11-17(27)26(25-16)14-21(28)12-6-3-7-13-21/h2,4-5,8-11,28H,3,6-7,12-14H2,1H3,(H2,22,23,24). The summed E-state index contributed by atoms with van der Waals surface area (Å²) in [5.74, 6) is 0.660. The van der Waals surface area contributed by atoms with Crippen molar-refractivity contribution >= 4 is 5.82 Å². The number of anilines is 1. The van der Waals surface area contributed by atoms with Crippen LogP contribution in [0.4, 0.5) is 5.82 Å². The molecule has 28 heavy (non-hydrogen) atoms. The summed E-state index contributed by atoms with van der Waals surface area (Å²) in [5, 5.41) is 26.0. The van der Waals surface area contributed by atoms with Crippen molar-refractivity contribution in [2.24, 2.45) is 0 Å². The van der Waals surface area contributed by atoms with Crippen LogP contribution in [0.3, 0.4) is 0 Å². The molecule has 1 aliphatic carbocycles. The van der Waals surface area contributed by atoms with Crippen LogP contribution in [0.15, 0.2) is 47.3 Å². The van der Waals surface area contributed by atoms with Crippen LogP contribution in [-0.4, -0.2) is 37.7 Å². The van der Waals surface area contributed by atoms with Crippen molar-refractivity contribution in [1.29, 1.82) is 0 Å². The molecule has 1 fully saturated rings. The summed E-state index contributed by atoms with van der Waals surface area (Å²) in [6.07, 6.45) is 4.50. The zero-order valence-corrected chi connectivity index (χ0v) is 16.0. The molecule has 0 aliphatic heterocycles. The predicted octanol–water partition coefficient (Wildman–Crippen LogP) is 3.04. The molecule has 0 amide bonds. The Labute approximate surface area is 163 Å². The molecular weight excluding hydrogens is 354 g/mol. The van der Waals surface area contributed by atoms with Crippen LogP contribution in [0.5, 0.6) is 0 Å². The second-order valence-electron chi connectivity index (χ2n) is 7.44. The number of H-pyrrole nitrogens is 1.